The highest BCUT2D eigenvalue weighted by Crippen LogP contribution is 2.16. The second-order valence-electron chi connectivity index (χ2n) is 4.79. The summed E-state index contributed by atoms with van der Waals surface area (Å²) in [4.78, 5) is 0. The predicted molar refractivity (Wildman–Crippen MR) is 84.0 cm³/mol. The van der Waals surface area contributed by atoms with Gasteiger partial charge < -0.3 is 10.1 Å². The molecule has 0 fully saturated rings. The normalized spacial score (nSPS) is 9.85. The molecule has 2 nitrogen and oxygen atoms in total. The fourth-order valence-electron chi connectivity index (χ4n) is 1.88. The minimum Gasteiger partial charge on any atom is -0.481 e. The predicted octanol–water partition coefficient (Wildman–Crippen LogP) is 3.93. The fourth-order valence-corrected chi connectivity index (χ4v) is 1.88. The largest absolute Gasteiger partial charge is 0.481 e. The topological polar surface area (TPSA) is 21.3 Å². The van der Waals surface area contributed by atoms with Crippen LogP contribution in [0.5, 0.6) is 5.75 Å². The van der Waals surface area contributed by atoms with Crippen LogP contribution in [-0.2, 0) is 6.54 Å². The highest BCUT2D eigenvalue weighted by Gasteiger charge is 1.98. The maximum absolute atomic E-state index is 5.35. The Balaban J connectivity index is 1.93. The van der Waals surface area contributed by atoms with E-state index in [0.29, 0.717) is 6.61 Å². The van der Waals surface area contributed by atoms with Crippen LogP contribution >= 0.6 is 0 Å². The molecule has 2 rings (SSSR count). The van der Waals surface area contributed by atoms with E-state index in [1.165, 1.54) is 16.7 Å². The van der Waals surface area contributed by atoms with Gasteiger partial charge in [0, 0.05) is 12.2 Å². The number of terminal acetylenes is 1. The van der Waals surface area contributed by atoms with E-state index in [1.807, 2.05) is 24.3 Å². The first-order chi connectivity index (χ1) is 9.69. The van der Waals surface area contributed by atoms with Gasteiger partial charge in [0.2, 0.25) is 0 Å². The van der Waals surface area contributed by atoms with Crippen molar-refractivity contribution in [2.75, 3.05) is 11.9 Å². The first-order valence-electron chi connectivity index (χ1n) is 6.65. The molecule has 1 N–H and O–H groups in total. The fraction of sp³-hybridized carbons (Fsp3) is 0.222. The van der Waals surface area contributed by atoms with Crippen molar-refractivity contribution in [3.8, 4) is 18.1 Å². The molecule has 0 bridgehead atoms. The Kier molecular flexibility index (Phi) is 4.68. The van der Waals surface area contributed by atoms with Crippen LogP contribution in [0.3, 0.4) is 0 Å². The van der Waals surface area contributed by atoms with E-state index < -0.39 is 0 Å². The molecular weight excluding hydrogens is 246 g/mol. The highest BCUT2D eigenvalue weighted by atomic mass is 16.5. The van der Waals surface area contributed by atoms with E-state index in [0.717, 1.165) is 18.0 Å². The summed E-state index contributed by atoms with van der Waals surface area (Å²) in [5.41, 5.74) is 4.95. The zero-order valence-corrected chi connectivity index (χ0v) is 11.9. The van der Waals surface area contributed by atoms with Gasteiger partial charge in [0.05, 0.1) is 0 Å². The summed E-state index contributed by atoms with van der Waals surface area (Å²) in [5, 5.41) is 3.42. The van der Waals surface area contributed by atoms with Crippen LogP contribution in [0.1, 0.15) is 16.7 Å². The van der Waals surface area contributed by atoms with Gasteiger partial charge in [0.25, 0.3) is 0 Å². The second-order valence-corrected chi connectivity index (χ2v) is 4.79. The van der Waals surface area contributed by atoms with Crippen molar-refractivity contribution in [2.24, 2.45) is 0 Å². The van der Waals surface area contributed by atoms with E-state index in [2.05, 4.69) is 43.3 Å². The standard InChI is InChI=1S/C18H19NO/c1-4-11-20-18-9-6-16(7-10-18)13-19-17-8-5-14(2)15(3)12-17/h1,5-10,12,19H,11,13H2,2-3H3. The van der Waals surface area contributed by atoms with E-state index in [9.17, 15) is 0 Å². The molecule has 0 aliphatic carbocycles. The Morgan fingerprint density at radius 1 is 1.05 bits per heavy atom. The molecule has 0 unspecified atom stereocenters. The summed E-state index contributed by atoms with van der Waals surface area (Å²) in [5.74, 6) is 3.26. The number of anilines is 1. The molecule has 0 aliphatic rings. The molecule has 0 amide bonds. The quantitative estimate of drug-likeness (QED) is 0.827. The number of benzene rings is 2. The van der Waals surface area contributed by atoms with Gasteiger partial charge in [-0.15, -0.1) is 6.42 Å². The van der Waals surface area contributed by atoms with Gasteiger partial charge in [-0.3, -0.25) is 0 Å². The summed E-state index contributed by atoms with van der Waals surface area (Å²) >= 11 is 0. The molecule has 0 spiro atoms. The third-order valence-electron chi connectivity index (χ3n) is 3.25. The Hall–Kier alpha value is -2.40. The van der Waals surface area contributed by atoms with Crippen molar-refractivity contribution in [1.29, 1.82) is 0 Å². The van der Waals surface area contributed by atoms with Crippen LogP contribution in [0.15, 0.2) is 42.5 Å². The van der Waals surface area contributed by atoms with Crippen LogP contribution in [0, 0.1) is 26.2 Å². The lowest BCUT2D eigenvalue weighted by molar-refractivity contribution is 0.370. The third kappa shape index (κ3) is 3.80. The molecule has 0 aliphatic heterocycles. The van der Waals surface area contributed by atoms with Gasteiger partial charge in [-0.2, -0.15) is 0 Å². The van der Waals surface area contributed by atoms with Gasteiger partial charge in [-0.1, -0.05) is 24.1 Å². The first-order valence-corrected chi connectivity index (χ1v) is 6.65. The number of rotatable bonds is 5. The smallest absolute Gasteiger partial charge is 0.148 e. The van der Waals surface area contributed by atoms with Gasteiger partial charge in [0.1, 0.15) is 12.4 Å². The third-order valence-corrected chi connectivity index (χ3v) is 3.25. The zero-order chi connectivity index (χ0) is 14.4. The van der Waals surface area contributed by atoms with E-state index in [-0.39, 0.29) is 0 Å². The Labute approximate surface area is 120 Å². The number of nitrogens with one attached hydrogen (secondary N) is 1. The SMILES string of the molecule is C#CCOc1ccc(CNc2ccc(C)c(C)c2)cc1. The number of hydrogen-bond acceptors (Lipinski definition) is 2. The Bertz CT molecular complexity index is 608. The molecule has 2 aromatic rings. The van der Waals surface area contributed by atoms with E-state index in [1.54, 1.807) is 0 Å². The maximum atomic E-state index is 5.35. The van der Waals surface area contributed by atoms with E-state index in [4.69, 9.17) is 11.2 Å². The van der Waals surface area contributed by atoms with Crippen molar-refractivity contribution in [3.05, 3.63) is 59.2 Å². The van der Waals surface area contributed by atoms with Crippen LogP contribution in [0.4, 0.5) is 5.69 Å². The number of ether oxygens (including phenoxy) is 1. The molecule has 0 saturated carbocycles. The van der Waals surface area contributed by atoms with Crippen LogP contribution < -0.4 is 10.1 Å². The molecular formula is C18H19NO. The van der Waals surface area contributed by atoms with Gasteiger partial charge >= 0.3 is 0 Å². The lowest BCUT2D eigenvalue weighted by atomic mass is 10.1. The molecule has 0 radical (unpaired) electrons. The lowest BCUT2D eigenvalue weighted by Crippen LogP contribution is -2.00. The first kappa shape index (κ1) is 14.0. The minimum absolute atomic E-state index is 0.306. The average Bonchev–Trinajstić information content (AvgIpc) is 2.47. The minimum atomic E-state index is 0.306. The molecule has 2 aromatic carbocycles. The van der Waals surface area contributed by atoms with E-state index >= 15 is 0 Å². The van der Waals surface area contributed by atoms with Crippen molar-refractivity contribution in [1.82, 2.24) is 0 Å². The summed E-state index contributed by atoms with van der Waals surface area (Å²) in [6.45, 7) is 5.34. The molecule has 0 heterocycles. The zero-order valence-electron chi connectivity index (χ0n) is 11.9. The summed E-state index contributed by atoms with van der Waals surface area (Å²) in [6.07, 6.45) is 5.16. The van der Waals surface area contributed by atoms with Crippen LogP contribution in [0.2, 0.25) is 0 Å². The maximum Gasteiger partial charge on any atom is 0.148 e. The van der Waals surface area contributed by atoms with Crippen LogP contribution in [0.25, 0.3) is 0 Å². The van der Waals surface area contributed by atoms with Crippen molar-refractivity contribution >= 4 is 5.69 Å². The number of aryl methyl sites for hydroxylation is 2. The molecule has 20 heavy (non-hydrogen) atoms. The molecule has 0 saturated heterocycles. The monoisotopic (exact) mass is 265 g/mol. The second kappa shape index (κ2) is 6.68. The highest BCUT2D eigenvalue weighted by molar-refractivity contribution is 5.48. The average molecular weight is 265 g/mol. The van der Waals surface area contributed by atoms with Crippen molar-refractivity contribution in [2.45, 2.75) is 20.4 Å². The molecule has 102 valence electrons. The van der Waals surface area contributed by atoms with Gasteiger partial charge in [0.15, 0.2) is 0 Å². The van der Waals surface area contributed by atoms with Crippen molar-refractivity contribution < 1.29 is 4.74 Å². The van der Waals surface area contributed by atoms with Crippen molar-refractivity contribution in [3.63, 3.8) is 0 Å². The number of hydrogen-bond donors (Lipinski definition) is 1. The van der Waals surface area contributed by atoms with Gasteiger partial charge in [-0.05, 0) is 54.8 Å². The summed E-state index contributed by atoms with van der Waals surface area (Å²) in [6, 6.07) is 14.4. The van der Waals surface area contributed by atoms with Crippen LogP contribution in [-0.4, -0.2) is 6.61 Å². The van der Waals surface area contributed by atoms with Gasteiger partial charge in [-0.25, -0.2) is 0 Å². The summed E-state index contributed by atoms with van der Waals surface area (Å²) in [7, 11) is 0. The molecule has 2 heteroatoms. The summed E-state index contributed by atoms with van der Waals surface area (Å²) < 4.78 is 5.35. The molecule has 0 aromatic heterocycles. The lowest BCUT2D eigenvalue weighted by Gasteiger charge is -2.09. The Morgan fingerprint density at radius 2 is 1.80 bits per heavy atom. The molecule has 0 atom stereocenters. The Morgan fingerprint density at radius 3 is 2.45 bits per heavy atom.